The summed E-state index contributed by atoms with van der Waals surface area (Å²) in [6.45, 7) is 0.897. The minimum absolute atomic E-state index is 0.377. The monoisotopic (exact) mass is 257 g/mol. The van der Waals surface area contributed by atoms with Crippen molar-refractivity contribution in [1.82, 2.24) is 0 Å². The molecule has 98 valence electrons. The Morgan fingerprint density at radius 3 is 2.83 bits per heavy atom. The lowest BCUT2D eigenvalue weighted by Crippen LogP contribution is -2.14. The lowest BCUT2D eigenvalue weighted by Gasteiger charge is -2.18. The van der Waals surface area contributed by atoms with Crippen molar-refractivity contribution in [3.05, 3.63) is 29.3 Å². The number of hydrogen-bond acceptors (Lipinski definition) is 2. The van der Waals surface area contributed by atoms with Crippen molar-refractivity contribution in [2.75, 3.05) is 11.9 Å². The minimum atomic E-state index is -4.27. The largest absolute Gasteiger partial charge is 0.389 e. The van der Waals surface area contributed by atoms with E-state index in [1.807, 2.05) is 0 Å². The Kier molecular flexibility index (Phi) is 3.59. The van der Waals surface area contributed by atoms with Crippen LogP contribution in [0.1, 0.15) is 35.2 Å². The van der Waals surface area contributed by atoms with Gasteiger partial charge in [-0.1, -0.05) is 0 Å². The van der Waals surface area contributed by atoms with Gasteiger partial charge in [-0.2, -0.15) is 13.2 Å². The molecular formula is C13H14F3NO. The van der Waals surface area contributed by atoms with Gasteiger partial charge in [-0.05, 0) is 36.6 Å². The fourth-order valence-corrected chi connectivity index (χ4v) is 2.05. The van der Waals surface area contributed by atoms with Crippen molar-refractivity contribution < 1.29 is 18.0 Å². The van der Waals surface area contributed by atoms with E-state index in [9.17, 15) is 18.0 Å². The predicted octanol–water partition coefficient (Wildman–Crippen LogP) is 3.57. The number of nitrogens with one attached hydrogen (secondary N) is 1. The summed E-state index contributed by atoms with van der Waals surface area (Å²) in [7, 11) is 0. The molecule has 0 saturated heterocycles. The second-order valence-electron chi connectivity index (χ2n) is 4.44. The van der Waals surface area contributed by atoms with Gasteiger partial charge < -0.3 is 5.32 Å². The van der Waals surface area contributed by atoms with Gasteiger partial charge in [0.1, 0.15) is 0 Å². The lowest BCUT2D eigenvalue weighted by atomic mass is 9.98. The lowest BCUT2D eigenvalue weighted by molar-refractivity contribution is -0.133. The molecule has 1 N–H and O–H groups in total. The van der Waals surface area contributed by atoms with E-state index in [2.05, 4.69) is 5.32 Å². The molecule has 5 heteroatoms. The minimum Gasteiger partial charge on any atom is -0.385 e. The van der Waals surface area contributed by atoms with E-state index in [0.29, 0.717) is 5.56 Å². The molecule has 0 spiro atoms. The smallest absolute Gasteiger partial charge is 0.385 e. The van der Waals surface area contributed by atoms with Crippen LogP contribution in [0.15, 0.2) is 18.2 Å². The number of fused-ring (bicyclic) bond motifs is 1. The van der Waals surface area contributed by atoms with Gasteiger partial charge >= 0.3 is 6.18 Å². The molecule has 1 aliphatic heterocycles. The molecular weight excluding hydrogens is 243 g/mol. The SMILES string of the molecule is O=C(CCC(F)(F)F)c1ccc2c(c1)CCCN2. The van der Waals surface area contributed by atoms with Gasteiger partial charge in [0.15, 0.2) is 5.78 Å². The van der Waals surface area contributed by atoms with Gasteiger partial charge in [0, 0.05) is 24.2 Å². The first-order valence-corrected chi connectivity index (χ1v) is 5.92. The van der Waals surface area contributed by atoms with Crippen LogP contribution in [0.25, 0.3) is 0 Å². The summed E-state index contributed by atoms with van der Waals surface area (Å²) in [5.74, 6) is -0.444. The molecule has 0 aliphatic carbocycles. The van der Waals surface area contributed by atoms with Gasteiger partial charge in [-0.25, -0.2) is 0 Å². The van der Waals surface area contributed by atoms with Crippen LogP contribution in [0.5, 0.6) is 0 Å². The summed E-state index contributed by atoms with van der Waals surface area (Å²) in [6, 6.07) is 5.07. The number of rotatable bonds is 3. The molecule has 2 rings (SSSR count). The third-order valence-corrected chi connectivity index (χ3v) is 3.00. The zero-order valence-electron chi connectivity index (χ0n) is 9.81. The first-order chi connectivity index (χ1) is 8.46. The first-order valence-electron chi connectivity index (χ1n) is 5.92. The highest BCUT2D eigenvalue weighted by Crippen LogP contribution is 2.26. The Bertz CT molecular complexity index is 454. The van der Waals surface area contributed by atoms with E-state index in [0.717, 1.165) is 30.6 Å². The van der Waals surface area contributed by atoms with Crippen molar-refractivity contribution in [2.24, 2.45) is 0 Å². The van der Waals surface area contributed by atoms with E-state index in [1.54, 1.807) is 18.2 Å². The number of carbonyl (C=O) groups excluding carboxylic acids is 1. The average Bonchev–Trinajstić information content (AvgIpc) is 2.34. The Hall–Kier alpha value is -1.52. The zero-order chi connectivity index (χ0) is 13.2. The Morgan fingerprint density at radius 2 is 2.11 bits per heavy atom. The van der Waals surface area contributed by atoms with Crippen LogP contribution in [0.2, 0.25) is 0 Å². The number of halogens is 3. The van der Waals surface area contributed by atoms with Crippen LogP contribution in [0, 0.1) is 0 Å². The zero-order valence-corrected chi connectivity index (χ0v) is 9.81. The average molecular weight is 257 g/mol. The van der Waals surface area contributed by atoms with E-state index < -0.39 is 24.8 Å². The third kappa shape index (κ3) is 3.24. The third-order valence-electron chi connectivity index (χ3n) is 3.00. The summed E-state index contributed by atoms with van der Waals surface area (Å²) in [5.41, 5.74) is 2.37. The molecule has 18 heavy (non-hydrogen) atoms. The molecule has 1 aliphatic rings. The molecule has 0 radical (unpaired) electrons. The van der Waals surface area contributed by atoms with Crippen LogP contribution >= 0.6 is 0 Å². The molecule has 1 heterocycles. The number of Topliss-reactive ketones (excluding diaryl/α,β-unsaturated/α-hetero) is 1. The fourth-order valence-electron chi connectivity index (χ4n) is 2.05. The van der Waals surface area contributed by atoms with E-state index in [1.165, 1.54) is 0 Å². The summed E-state index contributed by atoms with van der Waals surface area (Å²) >= 11 is 0. The Labute approximate surface area is 103 Å². The topological polar surface area (TPSA) is 29.1 Å². The molecule has 0 saturated carbocycles. The molecule has 1 aromatic rings. The molecule has 0 bridgehead atoms. The van der Waals surface area contributed by atoms with Crippen LogP contribution < -0.4 is 5.32 Å². The van der Waals surface area contributed by atoms with Crippen LogP contribution in [-0.4, -0.2) is 18.5 Å². The van der Waals surface area contributed by atoms with Crippen molar-refractivity contribution >= 4 is 11.5 Å². The molecule has 0 aromatic heterocycles. The molecule has 1 aromatic carbocycles. The van der Waals surface area contributed by atoms with Crippen molar-refractivity contribution in [2.45, 2.75) is 31.9 Å². The van der Waals surface area contributed by atoms with Crippen LogP contribution in [0.3, 0.4) is 0 Å². The standard InChI is InChI=1S/C13H14F3NO/c14-13(15,16)6-5-12(18)10-3-4-11-9(8-10)2-1-7-17-11/h3-4,8,17H,1-2,5-7H2. The van der Waals surface area contributed by atoms with Crippen molar-refractivity contribution in [3.63, 3.8) is 0 Å². The maximum Gasteiger partial charge on any atom is 0.389 e. The fraction of sp³-hybridized carbons (Fsp3) is 0.462. The van der Waals surface area contributed by atoms with E-state index >= 15 is 0 Å². The predicted molar refractivity (Wildman–Crippen MR) is 62.9 cm³/mol. The van der Waals surface area contributed by atoms with Gasteiger partial charge in [-0.3, -0.25) is 4.79 Å². The van der Waals surface area contributed by atoms with Crippen molar-refractivity contribution in [1.29, 1.82) is 0 Å². The number of aryl methyl sites for hydroxylation is 1. The number of carbonyl (C=O) groups is 1. The number of hydrogen-bond donors (Lipinski definition) is 1. The number of ketones is 1. The van der Waals surface area contributed by atoms with Gasteiger partial charge in [0.2, 0.25) is 0 Å². The van der Waals surface area contributed by atoms with Crippen LogP contribution in [0.4, 0.5) is 18.9 Å². The summed E-state index contributed by atoms with van der Waals surface area (Å²) in [5, 5.41) is 3.19. The first kappa shape index (κ1) is 12.9. The summed E-state index contributed by atoms with van der Waals surface area (Å²) in [4.78, 5) is 11.7. The second kappa shape index (κ2) is 5.00. The normalized spacial score (nSPS) is 14.8. The van der Waals surface area contributed by atoms with Gasteiger partial charge in [0.05, 0.1) is 6.42 Å². The van der Waals surface area contributed by atoms with Crippen molar-refractivity contribution in [3.8, 4) is 0 Å². The second-order valence-corrected chi connectivity index (χ2v) is 4.44. The maximum atomic E-state index is 12.0. The quantitative estimate of drug-likeness (QED) is 0.839. The van der Waals surface area contributed by atoms with Crippen LogP contribution in [-0.2, 0) is 6.42 Å². The highest BCUT2D eigenvalue weighted by Gasteiger charge is 2.28. The molecule has 0 fully saturated rings. The number of alkyl halides is 3. The maximum absolute atomic E-state index is 12.0. The molecule has 0 unspecified atom stereocenters. The highest BCUT2D eigenvalue weighted by molar-refractivity contribution is 5.96. The van der Waals surface area contributed by atoms with Gasteiger partial charge in [-0.15, -0.1) is 0 Å². The molecule has 0 amide bonds. The molecule has 2 nitrogen and oxygen atoms in total. The molecule has 0 atom stereocenters. The Balaban J connectivity index is 2.07. The van der Waals surface area contributed by atoms with Gasteiger partial charge in [0.25, 0.3) is 0 Å². The number of benzene rings is 1. The summed E-state index contributed by atoms with van der Waals surface area (Å²) in [6.07, 6.45) is -3.96. The van der Waals surface area contributed by atoms with E-state index in [4.69, 9.17) is 0 Å². The van der Waals surface area contributed by atoms with E-state index in [-0.39, 0.29) is 0 Å². The number of anilines is 1. The highest BCUT2D eigenvalue weighted by atomic mass is 19.4. The summed E-state index contributed by atoms with van der Waals surface area (Å²) < 4.78 is 36.1. The Morgan fingerprint density at radius 1 is 1.33 bits per heavy atom.